The van der Waals surface area contributed by atoms with Gasteiger partial charge in [-0.1, -0.05) is 0 Å². The first-order chi connectivity index (χ1) is 9.18. The van der Waals surface area contributed by atoms with Crippen LogP contribution in [0.25, 0.3) is 0 Å². The Morgan fingerprint density at radius 2 is 2.11 bits per heavy atom. The average Bonchev–Trinajstić information content (AvgIpc) is 2.86. The highest BCUT2D eigenvalue weighted by Gasteiger charge is 2.37. The summed E-state index contributed by atoms with van der Waals surface area (Å²) in [6.45, 7) is 5.47. The van der Waals surface area contributed by atoms with E-state index in [4.69, 9.17) is 4.74 Å². The lowest BCUT2D eigenvalue weighted by molar-refractivity contribution is -0.143. The zero-order valence-electron chi connectivity index (χ0n) is 11.3. The van der Waals surface area contributed by atoms with E-state index in [1.807, 2.05) is 4.90 Å². The minimum absolute atomic E-state index is 0.00185. The number of hydrogen-bond donors (Lipinski definition) is 0. The molecule has 2 aliphatic heterocycles. The third kappa shape index (κ3) is 2.43. The van der Waals surface area contributed by atoms with Crippen LogP contribution in [0.3, 0.4) is 0 Å². The number of fused-ring (bicyclic) bond motifs is 1. The van der Waals surface area contributed by atoms with E-state index in [2.05, 4.69) is 25.3 Å². The van der Waals surface area contributed by atoms with E-state index < -0.39 is 0 Å². The molecule has 3 atom stereocenters. The van der Waals surface area contributed by atoms with Crippen molar-refractivity contribution >= 4 is 29.0 Å². The van der Waals surface area contributed by atoms with Gasteiger partial charge in [0, 0.05) is 4.88 Å². The lowest BCUT2D eigenvalue weighted by Gasteiger charge is -2.41. The van der Waals surface area contributed by atoms with E-state index in [0.717, 1.165) is 12.2 Å². The summed E-state index contributed by atoms with van der Waals surface area (Å²) in [4.78, 5) is 16.3. The molecule has 5 heteroatoms. The van der Waals surface area contributed by atoms with Gasteiger partial charge >= 0.3 is 0 Å². The van der Waals surface area contributed by atoms with E-state index in [-0.39, 0.29) is 23.2 Å². The monoisotopic (exact) mass is 297 g/mol. The highest BCUT2D eigenvalue weighted by Crippen LogP contribution is 2.41. The third-order valence-electron chi connectivity index (χ3n) is 3.82. The topological polar surface area (TPSA) is 29.5 Å². The van der Waals surface area contributed by atoms with E-state index in [0.29, 0.717) is 13.2 Å². The van der Waals surface area contributed by atoms with Gasteiger partial charge in [-0.05, 0) is 43.0 Å². The van der Waals surface area contributed by atoms with Gasteiger partial charge in [0.25, 0.3) is 0 Å². The molecule has 2 aliphatic rings. The molecule has 3 heterocycles. The second kappa shape index (κ2) is 5.46. The van der Waals surface area contributed by atoms with Gasteiger partial charge in [0.15, 0.2) is 0 Å². The van der Waals surface area contributed by atoms with Gasteiger partial charge in [-0.25, -0.2) is 0 Å². The van der Waals surface area contributed by atoms with Gasteiger partial charge < -0.3 is 9.64 Å². The van der Waals surface area contributed by atoms with Crippen LogP contribution in [0, 0.1) is 0 Å². The van der Waals surface area contributed by atoms with Crippen LogP contribution in [0.1, 0.15) is 29.5 Å². The number of nitrogens with zero attached hydrogens (tertiary/aromatic N) is 1. The maximum absolute atomic E-state index is 12.9. The summed E-state index contributed by atoms with van der Waals surface area (Å²) in [7, 11) is 0. The Bertz CT molecular complexity index is 464. The van der Waals surface area contributed by atoms with Crippen LogP contribution in [0.15, 0.2) is 11.4 Å². The third-order valence-corrected chi connectivity index (χ3v) is 6.05. The zero-order chi connectivity index (χ0) is 13.4. The van der Waals surface area contributed by atoms with Crippen molar-refractivity contribution in [1.82, 2.24) is 4.90 Å². The second-order valence-corrected chi connectivity index (χ2v) is 7.49. The highest BCUT2D eigenvalue weighted by atomic mass is 32.2. The van der Waals surface area contributed by atoms with E-state index in [9.17, 15) is 4.79 Å². The van der Waals surface area contributed by atoms with Gasteiger partial charge in [-0.2, -0.15) is 0 Å². The molecule has 3 rings (SSSR count). The summed E-state index contributed by atoms with van der Waals surface area (Å²) < 4.78 is 5.52. The molecule has 1 saturated heterocycles. The summed E-state index contributed by atoms with van der Waals surface area (Å²) in [5, 5.41) is 2.11. The fourth-order valence-electron chi connectivity index (χ4n) is 2.92. The molecule has 0 spiro atoms. The lowest BCUT2D eigenvalue weighted by atomic mass is 10.1. The van der Waals surface area contributed by atoms with Crippen molar-refractivity contribution in [2.75, 3.05) is 19.0 Å². The van der Waals surface area contributed by atoms with Crippen molar-refractivity contribution in [3.63, 3.8) is 0 Å². The minimum Gasteiger partial charge on any atom is -0.377 e. The second-order valence-electron chi connectivity index (χ2n) is 5.28. The van der Waals surface area contributed by atoms with Crippen LogP contribution < -0.4 is 0 Å². The average molecular weight is 297 g/mol. The van der Waals surface area contributed by atoms with Gasteiger partial charge in [0.05, 0.1) is 25.3 Å². The Kier molecular flexibility index (Phi) is 3.87. The molecule has 0 bridgehead atoms. The molecule has 0 saturated carbocycles. The fourth-order valence-corrected chi connectivity index (χ4v) is 5.27. The number of thioether (sulfide) groups is 1. The minimum atomic E-state index is -0.00185. The number of morpholine rings is 1. The molecule has 0 radical (unpaired) electrons. The van der Waals surface area contributed by atoms with Crippen LogP contribution >= 0.6 is 23.1 Å². The summed E-state index contributed by atoms with van der Waals surface area (Å²) >= 11 is 3.58. The van der Waals surface area contributed by atoms with Crippen molar-refractivity contribution in [3.8, 4) is 0 Å². The van der Waals surface area contributed by atoms with Crippen molar-refractivity contribution in [2.45, 2.75) is 37.6 Å². The van der Waals surface area contributed by atoms with Crippen LogP contribution in [-0.2, 0) is 16.0 Å². The number of carbonyl (C=O) groups excluding carboxylic acids is 1. The van der Waals surface area contributed by atoms with Crippen molar-refractivity contribution in [2.24, 2.45) is 0 Å². The normalized spacial score (nSPS) is 31.1. The number of hydrogen-bond acceptors (Lipinski definition) is 4. The van der Waals surface area contributed by atoms with Crippen LogP contribution in [0.4, 0.5) is 0 Å². The number of thiophene rings is 1. The first-order valence-corrected chi connectivity index (χ1v) is 8.69. The number of amides is 1. The summed E-state index contributed by atoms with van der Waals surface area (Å²) in [6, 6.07) is 2.49. The van der Waals surface area contributed by atoms with Gasteiger partial charge in [-0.15, -0.1) is 23.1 Å². The number of rotatable bonds is 1. The predicted molar refractivity (Wildman–Crippen MR) is 79.8 cm³/mol. The molecular formula is C14H19NO2S2. The van der Waals surface area contributed by atoms with Crippen molar-refractivity contribution in [1.29, 1.82) is 0 Å². The first kappa shape index (κ1) is 13.5. The van der Waals surface area contributed by atoms with Crippen LogP contribution in [-0.4, -0.2) is 41.9 Å². The Hall–Kier alpha value is -0.520. The zero-order valence-corrected chi connectivity index (χ0v) is 12.9. The summed E-state index contributed by atoms with van der Waals surface area (Å²) in [5.41, 5.74) is 1.25. The quantitative estimate of drug-likeness (QED) is 0.798. The van der Waals surface area contributed by atoms with Crippen molar-refractivity contribution < 1.29 is 9.53 Å². The van der Waals surface area contributed by atoms with Gasteiger partial charge in [0.2, 0.25) is 5.91 Å². The summed E-state index contributed by atoms with van der Waals surface area (Å²) in [6.07, 6.45) is 1.11. The van der Waals surface area contributed by atoms with E-state index in [1.54, 1.807) is 23.1 Å². The van der Waals surface area contributed by atoms with Crippen LogP contribution in [0.5, 0.6) is 0 Å². The van der Waals surface area contributed by atoms with Gasteiger partial charge in [-0.3, -0.25) is 4.79 Å². The Balaban J connectivity index is 1.85. The maximum Gasteiger partial charge on any atom is 0.240 e. The molecule has 1 fully saturated rings. The van der Waals surface area contributed by atoms with E-state index >= 15 is 0 Å². The van der Waals surface area contributed by atoms with E-state index in [1.165, 1.54) is 10.4 Å². The Morgan fingerprint density at radius 1 is 1.37 bits per heavy atom. The Labute approximate surface area is 122 Å². The van der Waals surface area contributed by atoms with Crippen molar-refractivity contribution in [3.05, 3.63) is 21.9 Å². The molecule has 19 heavy (non-hydrogen) atoms. The first-order valence-electron chi connectivity index (χ1n) is 6.76. The maximum atomic E-state index is 12.9. The molecule has 0 aliphatic carbocycles. The number of aryl methyl sites for hydroxylation is 1. The molecular weight excluding hydrogens is 278 g/mol. The smallest absolute Gasteiger partial charge is 0.240 e. The SMILES string of the molecule is CC1COCC(C)N1C(=O)C1SCCc2sccc21. The molecule has 1 amide bonds. The molecule has 0 aromatic carbocycles. The lowest BCUT2D eigenvalue weighted by Crippen LogP contribution is -2.53. The van der Waals surface area contributed by atoms with Crippen LogP contribution in [0.2, 0.25) is 0 Å². The van der Waals surface area contributed by atoms with Gasteiger partial charge in [0.1, 0.15) is 5.25 Å². The predicted octanol–water partition coefficient (Wildman–Crippen LogP) is 2.71. The highest BCUT2D eigenvalue weighted by molar-refractivity contribution is 8.00. The number of ether oxygens (including phenoxy) is 1. The summed E-state index contributed by atoms with van der Waals surface area (Å²) in [5.74, 6) is 1.32. The molecule has 3 unspecified atom stereocenters. The fraction of sp³-hybridized carbons (Fsp3) is 0.643. The molecule has 1 aromatic rings. The molecule has 1 aromatic heterocycles. The standard InChI is InChI=1S/C14H19NO2S2/c1-9-7-17-8-10(2)15(9)14(16)13-11-3-5-18-12(11)4-6-19-13/h3,5,9-10,13H,4,6-8H2,1-2H3. The Morgan fingerprint density at radius 3 is 2.84 bits per heavy atom. The molecule has 3 nitrogen and oxygen atoms in total. The largest absolute Gasteiger partial charge is 0.377 e. The molecule has 104 valence electrons. The number of carbonyl (C=O) groups is 1. The molecule has 0 N–H and O–H groups in total.